The Morgan fingerprint density at radius 2 is 1.71 bits per heavy atom. The van der Waals surface area contributed by atoms with Gasteiger partial charge in [0.1, 0.15) is 24.4 Å². The van der Waals surface area contributed by atoms with Crippen molar-refractivity contribution in [3.63, 3.8) is 0 Å². The highest BCUT2D eigenvalue weighted by Crippen LogP contribution is 2.37. The molecule has 2 unspecified atom stereocenters. The van der Waals surface area contributed by atoms with E-state index >= 15 is 0 Å². The smallest absolute Gasteiger partial charge is 0.165 e. The number of halogens is 2. The Balaban J connectivity index is 1.53. The fourth-order valence-corrected chi connectivity index (χ4v) is 3.82. The maximum absolute atomic E-state index is 14.4. The highest BCUT2D eigenvalue weighted by Gasteiger charge is 2.24. The summed E-state index contributed by atoms with van der Waals surface area (Å²) in [5, 5.41) is 3.72. The predicted octanol–water partition coefficient (Wildman–Crippen LogP) is 4.50. The molecule has 0 bridgehead atoms. The van der Waals surface area contributed by atoms with E-state index in [1.54, 1.807) is 12.1 Å². The number of nitrogens with zero attached hydrogens (tertiary/aromatic N) is 2. The van der Waals surface area contributed by atoms with Crippen molar-refractivity contribution in [3.05, 3.63) is 47.5 Å². The lowest BCUT2D eigenvalue weighted by molar-refractivity contribution is 0.123. The minimum absolute atomic E-state index is 0.0306. The molecule has 31 heavy (non-hydrogen) atoms. The van der Waals surface area contributed by atoms with E-state index in [1.165, 1.54) is 12.4 Å². The summed E-state index contributed by atoms with van der Waals surface area (Å²) in [7, 11) is 0. The van der Waals surface area contributed by atoms with Gasteiger partial charge in [0, 0.05) is 24.3 Å². The van der Waals surface area contributed by atoms with Crippen LogP contribution in [0.25, 0.3) is 10.9 Å². The number of fused-ring (bicyclic) bond motifs is 1. The molecule has 0 aliphatic carbocycles. The van der Waals surface area contributed by atoms with Crippen LogP contribution in [0, 0.1) is 5.82 Å². The molecule has 3 heterocycles. The number of hydrogen-bond donors (Lipinski definition) is 1. The van der Waals surface area contributed by atoms with Gasteiger partial charge in [0.05, 0.1) is 42.7 Å². The van der Waals surface area contributed by atoms with Crippen LogP contribution in [-0.4, -0.2) is 48.6 Å². The summed E-state index contributed by atoms with van der Waals surface area (Å²) in [4.78, 5) is 8.67. The van der Waals surface area contributed by atoms with Gasteiger partial charge in [-0.25, -0.2) is 14.4 Å². The normalized spacial score (nSPS) is 20.8. The van der Waals surface area contributed by atoms with E-state index in [9.17, 15) is 4.39 Å². The number of nitrogens with one attached hydrogen (secondary N) is 1. The summed E-state index contributed by atoms with van der Waals surface area (Å²) >= 11 is 5.91. The lowest BCUT2D eigenvalue weighted by atomic mass is 10.2. The maximum atomic E-state index is 14.4. The van der Waals surface area contributed by atoms with Crippen LogP contribution in [0.15, 0.2) is 36.7 Å². The summed E-state index contributed by atoms with van der Waals surface area (Å²) < 4.78 is 37.7. The van der Waals surface area contributed by atoms with Crippen LogP contribution in [0.5, 0.6) is 11.5 Å². The van der Waals surface area contributed by atoms with Crippen molar-refractivity contribution in [1.82, 2.24) is 9.97 Å². The van der Waals surface area contributed by atoms with Gasteiger partial charge in [-0.15, -0.1) is 0 Å². The van der Waals surface area contributed by atoms with Gasteiger partial charge in [-0.05, 0) is 18.2 Å². The van der Waals surface area contributed by atoms with Crippen LogP contribution < -0.4 is 14.8 Å². The molecule has 2 aliphatic rings. The molecule has 0 radical (unpaired) electrons. The summed E-state index contributed by atoms with van der Waals surface area (Å²) in [6.07, 6.45) is 2.93. The first-order valence-electron chi connectivity index (χ1n) is 10.2. The average molecular weight is 446 g/mol. The number of hydrogen-bond acceptors (Lipinski definition) is 7. The summed E-state index contributed by atoms with van der Waals surface area (Å²) in [5.41, 5.74) is 0.867. The van der Waals surface area contributed by atoms with Gasteiger partial charge in [-0.1, -0.05) is 17.7 Å². The predicted molar refractivity (Wildman–Crippen MR) is 114 cm³/mol. The molecule has 0 saturated carbocycles. The number of rotatable bonds is 6. The molecule has 2 aliphatic heterocycles. The number of aromatic nitrogens is 2. The largest absolute Gasteiger partial charge is 0.484 e. The number of anilines is 2. The Labute approximate surface area is 183 Å². The highest BCUT2D eigenvalue weighted by molar-refractivity contribution is 6.31. The number of ether oxygens (including phenoxy) is 4. The fraction of sp³-hybridized carbons (Fsp3) is 0.364. The zero-order valence-electron chi connectivity index (χ0n) is 16.6. The third-order valence-electron chi connectivity index (χ3n) is 5.27. The van der Waals surface area contributed by atoms with Gasteiger partial charge in [0.15, 0.2) is 17.3 Å². The van der Waals surface area contributed by atoms with E-state index in [4.69, 9.17) is 30.5 Å². The van der Waals surface area contributed by atoms with Crippen molar-refractivity contribution in [1.29, 1.82) is 0 Å². The Morgan fingerprint density at radius 3 is 2.39 bits per heavy atom. The molecule has 7 nitrogen and oxygen atoms in total. The molecular weight excluding hydrogens is 425 g/mol. The topological polar surface area (TPSA) is 74.7 Å². The van der Waals surface area contributed by atoms with Gasteiger partial charge in [-0.2, -0.15) is 0 Å². The molecule has 5 rings (SSSR count). The van der Waals surface area contributed by atoms with Crippen LogP contribution in [0.2, 0.25) is 5.02 Å². The first-order chi connectivity index (χ1) is 15.2. The molecule has 2 fully saturated rings. The number of benzene rings is 2. The van der Waals surface area contributed by atoms with Crippen molar-refractivity contribution in [2.45, 2.75) is 25.0 Å². The van der Waals surface area contributed by atoms with Crippen molar-refractivity contribution < 1.29 is 23.3 Å². The lowest BCUT2D eigenvalue weighted by Gasteiger charge is -2.20. The molecule has 2 aromatic carbocycles. The standard InChI is InChI=1S/C22H21ClFN3O4/c23-16-2-1-3-17(21(16)24)27-22-15-8-19(30-13-4-6-28-10-13)20(9-18(15)25-12-26-22)31-14-5-7-29-11-14/h1-3,8-9,12-14H,4-7,10-11H2,(H,25,26,27). The molecular formula is C22H21ClFN3O4. The van der Waals surface area contributed by atoms with E-state index < -0.39 is 5.82 Å². The third-order valence-corrected chi connectivity index (χ3v) is 5.56. The minimum atomic E-state index is -0.545. The van der Waals surface area contributed by atoms with E-state index in [2.05, 4.69) is 15.3 Å². The molecule has 3 aromatic rings. The minimum Gasteiger partial charge on any atom is -0.484 e. The summed E-state index contributed by atoms with van der Waals surface area (Å²) in [6, 6.07) is 8.40. The fourth-order valence-electron chi connectivity index (χ4n) is 3.65. The van der Waals surface area contributed by atoms with Crippen molar-refractivity contribution in [3.8, 4) is 11.5 Å². The molecule has 162 valence electrons. The molecule has 1 N–H and O–H groups in total. The van der Waals surface area contributed by atoms with Crippen molar-refractivity contribution in [2.24, 2.45) is 0 Å². The van der Waals surface area contributed by atoms with Crippen LogP contribution in [0.1, 0.15) is 12.8 Å². The van der Waals surface area contributed by atoms with Gasteiger partial charge in [0.2, 0.25) is 0 Å². The van der Waals surface area contributed by atoms with E-state index in [0.717, 1.165) is 12.8 Å². The molecule has 9 heteroatoms. The van der Waals surface area contributed by atoms with Crippen molar-refractivity contribution >= 4 is 34.0 Å². The summed E-state index contributed by atoms with van der Waals surface area (Å²) in [6.45, 7) is 2.39. The Kier molecular flexibility index (Phi) is 5.76. The van der Waals surface area contributed by atoms with E-state index in [-0.39, 0.29) is 22.9 Å². The van der Waals surface area contributed by atoms with E-state index in [0.29, 0.717) is 54.6 Å². The quantitative estimate of drug-likeness (QED) is 0.598. The van der Waals surface area contributed by atoms with Gasteiger partial charge < -0.3 is 24.3 Å². The molecule has 2 saturated heterocycles. The SMILES string of the molecule is Fc1c(Cl)cccc1Nc1ncnc2cc(OC3CCOC3)c(OC3CCOC3)cc12. The van der Waals surface area contributed by atoms with E-state index in [1.807, 2.05) is 12.1 Å². The van der Waals surface area contributed by atoms with Crippen LogP contribution in [-0.2, 0) is 9.47 Å². The second-order valence-electron chi connectivity index (χ2n) is 7.47. The zero-order valence-corrected chi connectivity index (χ0v) is 17.4. The second kappa shape index (κ2) is 8.82. The zero-order chi connectivity index (χ0) is 21.2. The molecule has 1 aromatic heterocycles. The maximum Gasteiger partial charge on any atom is 0.165 e. The Morgan fingerprint density at radius 1 is 1.00 bits per heavy atom. The first kappa shape index (κ1) is 20.2. The Hall–Kier alpha value is -2.68. The van der Waals surface area contributed by atoms with Crippen LogP contribution in [0.3, 0.4) is 0 Å². The van der Waals surface area contributed by atoms with Crippen LogP contribution >= 0.6 is 11.6 Å². The van der Waals surface area contributed by atoms with Gasteiger partial charge in [0.25, 0.3) is 0 Å². The summed E-state index contributed by atoms with van der Waals surface area (Å²) in [5.74, 6) is 1.05. The molecule has 2 atom stereocenters. The second-order valence-corrected chi connectivity index (χ2v) is 7.88. The monoisotopic (exact) mass is 445 g/mol. The third kappa shape index (κ3) is 4.37. The lowest BCUT2D eigenvalue weighted by Crippen LogP contribution is -2.19. The average Bonchev–Trinajstić information content (AvgIpc) is 3.47. The van der Waals surface area contributed by atoms with Gasteiger partial charge in [-0.3, -0.25) is 0 Å². The molecule has 0 amide bonds. The first-order valence-corrected chi connectivity index (χ1v) is 10.5. The highest BCUT2D eigenvalue weighted by atomic mass is 35.5. The van der Waals surface area contributed by atoms with Crippen molar-refractivity contribution in [2.75, 3.05) is 31.7 Å². The van der Waals surface area contributed by atoms with Gasteiger partial charge >= 0.3 is 0 Å². The van der Waals surface area contributed by atoms with Crippen LogP contribution in [0.4, 0.5) is 15.9 Å². The molecule has 0 spiro atoms. The Bertz CT molecular complexity index is 1090.